The molecule has 3 N–H and O–H groups in total. The molecule has 31 heavy (non-hydrogen) atoms. The summed E-state index contributed by atoms with van der Waals surface area (Å²) in [7, 11) is -4.24. The van der Waals surface area contributed by atoms with Crippen LogP contribution in [0.2, 0.25) is 0 Å². The molecule has 0 fully saturated rings. The van der Waals surface area contributed by atoms with Gasteiger partial charge in [-0.05, 0) is 29.3 Å². The zero-order valence-electron chi connectivity index (χ0n) is 15.6. The van der Waals surface area contributed by atoms with Gasteiger partial charge in [0.1, 0.15) is 5.70 Å². The number of dihydropyridines is 1. The van der Waals surface area contributed by atoms with Gasteiger partial charge in [-0.2, -0.15) is 22.6 Å². The molecule has 12 heteroatoms. The SMILES string of the molecule is O=C(O)c1cccc2c1C1Cc3[nH]ncc3C2N1S(=O)(=O)C1=CC=C(C(F)(F)F)NC1. The van der Waals surface area contributed by atoms with E-state index in [9.17, 15) is 31.5 Å². The van der Waals surface area contributed by atoms with Crippen molar-refractivity contribution in [2.45, 2.75) is 24.7 Å². The second kappa shape index (κ2) is 6.44. The number of hydrogen-bond acceptors (Lipinski definition) is 5. The highest BCUT2D eigenvalue weighted by Crippen LogP contribution is 2.54. The number of carbonyl (C=O) groups is 1. The Kier molecular flexibility index (Phi) is 4.12. The summed E-state index contributed by atoms with van der Waals surface area (Å²) in [5.74, 6) is -1.18. The van der Waals surface area contributed by atoms with Gasteiger partial charge >= 0.3 is 12.1 Å². The maximum Gasteiger partial charge on any atom is 0.430 e. The van der Waals surface area contributed by atoms with Crippen LogP contribution in [0.5, 0.6) is 0 Å². The Balaban J connectivity index is 1.66. The third kappa shape index (κ3) is 2.82. The van der Waals surface area contributed by atoms with Gasteiger partial charge in [0.05, 0.1) is 35.3 Å². The molecule has 5 rings (SSSR count). The van der Waals surface area contributed by atoms with E-state index in [1.165, 1.54) is 16.6 Å². The van der Waals surface area contributed by atoms with Crippen LogP contribution in [0.15, 0.2) is 47.2 Å². The number of sulfonamides is 1. The third-order valence-corrected chi connectivity index (χ3v) is 7.77. The number of carboxylic acids is 1. The summed E-state index contributed by atoms with van der Waals surface area (Å²) in [5, 5.41) is 18.6. The van der Waals surface area contributed by atoms with Gasteiger partial charge in [-0.25, -0.2) is 13.2 Å². The van der Waals surface area contributed by atoms with Crippen LogP contribution in [0.1, 0.15) is 44.8 Å². The van der Waals surface area contributed by atoms with Crippen LogP contribution in [-0.4, -0.2) is 46.7 Å². The highest BCUT2D eigenvalue weighted by atomic mass is 32.2. The lowest BCUT2D eigenvalue weighted by atomic mass is 9.96. The maximum atomic E-state index is 13.6. The lowest BCUT2D eigenvalue weighted by Crippen LogP contribution is -2.41. The van der Waals surface area contributed by atoms with Gasteiger partial charge in [-0.3, -0.25) is 5.10 Å². The van der Waals surface area contributed by atoms with E-state index >= 15 is 0 Å². The molecule has 3 aliphatic heterocycles. The van der Waals surface area contributed by atoms with E-state index in [0.717, 1.165) is 6.08 Å². The second-order valence-corrected chi connectivity index (χ2v) is 9.34. The Bertz CT molecular complexity index is 1280. The molecular formula is C19H15F3N4O4S. The van der Waals surface area contributed by atoms with Crippen molar-refractivity contribution in [3.63, 3.8) is 0 Å². The molecule has 0 amide bonds. The van der Waals surface area contributed by atoms with Gasteiger partial charge in [0.25, 0.3) is 0 Å². The van der Waals surface area contributed by atoms with Gasteiger partial charge in [-0.1, -0.05) is 12.1 Å². The molecule has 162 valence electrons. The van der Waals surface area contributed by atoms with Crippen LogP contribution in [0.3, 0.4) is 0 Å². The van der Waals surface area contributed by atoms with Crippen LogP contribution in [0.25, 0.3) is 0 Å². The minimum absolute atomic E-state index is 0.00156. The summed E-state index contributed by atoms with van der Waals surface area (Å²) in [4.78, 5) is 11.6. The third-order valence-electron chi connectivity index (χ3n) is 5.81. The fourth-order valence-corrected chi connectivity index (χ4v) is 6.31. The molecule has 3 aliphatic rings. The molecule has 0 saturated heterocycles. The molecule has 0 saturated carbocycles. The van der Waals surface area contributed by atoms with Crippen LogP contribution in [-0.2, 0) is 16.4 Å². The highest BCUT2D eigenvalue weighted by molar-refractivity contribution is 7.93. The van der Waals surface area contributed by atoms with E-state index < -0.39 is 46.5 Å². The molecule has 1 aromatic heterocycles. The Morgan fingerprint density at radius 1 is 1.23 bits per heavy atom. The van der Waals surface area contributed by atoms with E-state index in [4.69, 9.17) is 0 Å². The molecule has 0 aliphatic carbocycles. The van der Waals surface area contributed by atoms with Gasteiger partial charge in [0, 0.05) is 17.7 Å². The number of nitrogens with one attached hydrogen (secondary N) is 2. The average molecular weight is 452 g/mol. The van der Waals surface area contributed by atoms with Crippen LogP contribution >= 0.6 is 0 Å². The Morgan fingerprint density at radius 2 is 2.00 bits per heavy atom. The van der Waals surface area contributed by atoms with E-state index in [2.05, 4.69) is 15.5 Å². The number of H-pyrrole nitrogens is 1. The summed E-state index contributed by atoms with van der Waals surface area (Å²) in [6.45, 7) is -0.524. The van der Waals surface area contributed by atoms with Crippen molar-refractivity contribution in [3.05, 3.63) is 75.1 Å². The molecule has 1 aromatic carbocycles. The van der Waals surface area contributed by atoms with Crippen LogP contribution in [0.4, 0.5) is 13.2 Å². The number of aromatic nitrogens is 2. The van der Waals surface area contributed by atoms with E-state index in [1.54, 1.807) is 12.1 Å². The van der Waals surface area contributed by atoms with Crippen molar-refractivity contribution >= 4 is 16.0 Å². The molecule has 2 atom stereocenters. The number of aromatic amines is 1. The first kappa shape index (κ1) is 19.8. The fourth-order valence-electron chi connectivity index (χ4n) is 4.53. The highest BCUT2D eigenvalue weighted by Gasteiger charge is 2.52. The van der Waals surface area contributed by atoms with Crippen molar-refractivity contribution in [2.75, 3.05) is 6.54 Å². The largest absolute Gasteiger partial charge is 0.478 e. The predicted octanol–water partition coefficient (Wildman–Crippen LogP) is 2.37. The van der Waals surface area contributed by atoms with E-state index in [-0.39, 0.29) is 16.9 Å². The summed E-state index contributed by atoms with van der Waals surface area (Å²) < 4.78 is 67.0. The number of fused-ring (bicyclic) bond motifs is 7. The number of aromatic carboxylic acids is 1. The minimum Gasteiger partial charge on any atom is -0.478 e. The summed E-state index contributed by atoms with van der Waals surface area (Å²) in [6.07, 6.45) is -1.31. The number of benzene rings is 1. The smallest absolute Gasteiger partial charge is 0.430 e. The summed E-state index contributed by atoms with van der Waals surface area (Å²) in [5.41, 5.74) is 1.19. The Hall–Kier alpha value is -3.12. The van der Waals surface area contributed by atoms with Gasteiger partial charge in [0.2, 0.25) is 10.0 Å². The monoisotopic (exact) mass is 452 g/mol. The van der Waals surface area contributed by atoms with Crippen molar-refractivity contribution in [1.29, 1.82) is 0 Å². The van der Waals surface area contributed by atoms with E-state index in [0.29, 0.717) is 28.5 Å². The molecule has 0 spiro atoms. The first-order chi connectivity index (χ1) is 14.6. The maximum absolute atomic E-state index is 13.6. The fraction of sp³-hybridized carbons (Fsp3) is 0.263. The molecule has 4 heterocycles. The zero-order chi connectivity index (χ0) is 22.1. The minimum atomic E-state index is -4.62. The van der Waals surface area contributed by atoms with Crippen molar-refractivity contribution in [1.82, 2.24) is 19.8 Å². The van der Waals surface area contributed by atoms with Crippen molar-refractivity contribution in [3.8, 4) is 0 Å². The molecule has 0 radical (unpaired) electrons. The van der Waals surface area contributed by atoms with Crippen molar-refractivity contribution in [2.24, 2.45) is 0 Å². The Labute approximate surface area is 174 Å². The van der Waals surface area contributed by atoms with Gasteiger partial charge < -0.3 is 10.4 Å². The molecule has 2 bridgehead atoms. The molecule has 8 nitrogen and oxygen atoms in total. The van der Waals surface area contributed by atoms with E-state index in [1.807, 2.05) is 0 Å². The van der Waals surface area contributed by atoms with Crippen LogP contribution < -0.4 is 5.32 Å². The average Bonchev–Trinajstić information content (AvgIpc) is 3.29. The van der Waals surface area contributed by atoms with Gasteiger partial charge in [0.15, 0.2) is 0 Å². The van der Waals surface area contributed by atoms with Crippen LogP contribution in [0, 0.1) is 0 Å². The van der Waals surface area contributed by atoms with Crippen molar-refractivity contribution < 1.29 is 31.5 Å². The van der Waals surface area contributed by atoms with Gasteiger partial charge in [-0.15, -0.1) is 0 Å². The molecular weight excluding hydrogens is 437 g/mol. The lowest BCUT2D eigenvalue weighted by molar-refractivity contribution is -0.0966. The topological polar surface area (TPSA) is 115 Å². The standard InChI is InChI=1S/C19H15F3N4O4S/c20-19(21,22)15-5-4-9(7-23-15)31(29,30)26-14-6-13-12(8-24-25-13)17(26)10-2-1-3-11(16(10)14)18(27)28/h1-5,8,14,17,23H,6-7H2,(H,24,25)(H,27,28). The zero-order valence-corrected chi connectivity index (χ0v) is 16.5. The second-order valence-electron chi connectivity index (χ2n) is 7.44. The first-order valence-electron chi connectivity index (χ1n) is 9.24. The Morgan fingerprint density at radius 3 is 2.65 bits per heavy atom. The first-order valence-corrected chi connectivity index (χ1v) is 10.7. The normalized spacial score (nSPS) is 22.8. The predicted molar refractivity (Wildman–Crippen MR) is 101 cm³/mol. The number of rotatable bonds is 3. The number of nitrogens with zero attached hydrogens (tertiary/aromatic N) is 2. The number of halogens is 3. The summed E-state index contributed by atoms with van der Waals surface area (Å²) in [6, 6.07) is 3.00. The number of allylic oxidation sites excluding steroid dienone is 3. The molecule has 2 unspecified atom stereocenters. The quantitative estimate of drug-likeness (QED) is 0.659. The number of alkyl halides is 3. The molecule has 2 aromatic rings. The number of hydrogen-bond donors (Lipinski definition) is 3. The number of carboxylic acid groups (broad SMARTS) is 1. The summed E-state index contributed by atoms with van der Waals surface area (Å²) >= 11 is 0. The lowest BCUT2D eigenvalue weighted by Gasteiger charge is -2.35.